The molecule has 29 heavy (non-hydrogen) atoms. The Balaban J connectivity index is 1.59. The van der Waals surface area contributed by atoms with E-state index in [0.717, 1.165) is 10.6 Å². The number of nitrogens with one attached hydrogen (secondary N) is 1. The normalized spacial score (nSPS) is 13.4. The third kappa shape index (κ3) is 3.75. The minimum Gasteiger partial charge on any atom is -0.460 e. The summed E-state index contributed by atoms with van der Waals surface area (Å²) in [5.41, 5.74) is 1.21. The summed E-state index contributed by atoms with van der Waals surface area (Å²) >= 11 is 0. The Labute approximate surface area is 165 Å². The number of hydrogen-bond donors (Lipinski definition) is 1. The molecule has 9 heteroatoms. The number of esters is 1. The number of benzene rings is 1. The Hall–Kier alpha value is -3.88. The minimum absolute atomic E-state index is 0.155. The van der Waals surface area contributed by atoms with Gasteiger partial charge in [-0.1, -0.05) is 18.2 Å². The summed E-state index contributed by atoms with van der Waals surface area (Å²) in [7, 11) is 0. The lowest BCUT2D eigenvalue weighted by Gasteiger charge is -2.11. The second kappa shape index (κ2) is 7.63. The first-order valence-electron chi connectivity index (χ1n) is 9.00. The van der Waals surface area contributed by atoms with Gasteiger partial charge in [-0.2, -0.15) is 5.10 Å². The van der Waals surface area contributed by atoms with Crippen molar-refractivity contribution in [3.8, 4) is 17.1 Å². The number of urea groups is 1. The second-order valence-electron chi connectivity index (χ2n) is 6.44. The van der Waals surface area contributed by atoms with Crippen LogP contribution < -0.4 is 5.32 Å². The molecule has 0 saturated carbocycles. The van der Waals surface area contributed by atoms with Crippen LogP contribution in [0.5, 0.6) is 0 Å². The fourth-order valence-electron chi connectivity index (χ4n) is 2.97. The SMILES string of the molecule is Cc1ccc(-c2nn(-c3ccccc3)cc2C(=O)OCC(=O)N2CCNC2=O)o1. The summed E-state index contributed by atoms with van der Waals surface area (Å²) in [5, 5.41) is 6.99. The third-order valence-corrected chi connectivity index (χ3v) is 4.41. The first-order valence-corrected chi connectivity index (χ1v) is 9.00. The van der Waals surface area contributed by atoms with Crippen molar-refractivity contribution in [1.82, 2.24) is 20.0 Å². The number of carbonyl (C=O) groups excluding carboxylic acids is 3. The maximum atomic E-state index is 12.7. The summed E-state index contributed by atoms with van der Waals surface area (Å²) in [6.07, 6.45) is 1.53. The number of hydrogen-bond acceptors (Lipinski definition) is 6. The highest BCUT2D eigenvalue weighted by atomic mass is 16.5. The zero-order valence-corrected chi connectivity index (χ0v) is 15.6. The van der Waals surface area contributed by atoms with Crippen LogP contribution in [0.15, 0.2) is 53.1 Å². The molecule has 148 valence electrons. The fraction of sp³-hybridized carbons (Fsp3) is 0.200. The molecule has 0 radical (unpaired) electrons. The van der Waals surface area contributed by atoms with Gasteiger partial charge in [0, 0.05) is 19.3 Å². The monoisotopic (exact) mass is 394 g/mol. The van der Waals surface area contributed by atoms with Crippen molar-refractivity contribution >= 4 is 17.9 Å². The number of nitrogens with zero attached hydrogens (tertiary/aromatic N) is 3. The number of furan rings is 1. The van der Waals surface area contributed by atoms with E-state index in [4.69, 9.17) is 9.15 Å². The molecule has 3 heterocycles. The van der Waals surface area contributed by atoms with Crippen molar-refractivity contribution in [2.45, 2.75) is 6.92 Å². The van der Waals surface area contributed by atoms with Crippen molar-refractivity contribution in [2.24, 2.45) is 0 Å². The Kier molecular flexibility index (Phi) is 4.86. The van der Waals surface area contributed by atoms with Gasteiger partial charge in [0.05, 0.1) is 5.69 Å². The van der Waals surface area contributed by atoms with Gasteiger partial charge in [-0.25, -0.2) is 14.3 Å². The van der Waals surface area contributed by atoms with Crippen molar-refractivity contribution in [2.75, 3.05) is 19.7 Å². The topological polar surface area (TPSA) is 107 Å². The van der Waals surface area contributed by atoms with Crippen LogP contribution in [0.1, 0.15) is 16.1 Å². The van der Waals surface area contributed by atoms with Gasteiger partial charge in [0.1, 0.15) is 17.0 Å². The molecule has 9 nitrogen and oxygen atoms in total. The van der Waals surface area contributed by atoms with E-state index in [9.17, 15) is 14.4 Å². The lowest BCUT2D eigenvalue weighted by atomic mass is 10.2. The van der Waals surface area contributed by atoms with Crippen molar-refractivity contribution in [3.63, 3.8) is 0 Å². The largest absolute Gasteiger partial charge is 0.460 e. The predicted octanol–water partition coefficient (Wildman–Crippen LogP) is 2.15. The van der Waals surface area contributed by atoms with Crippen LogP contribution in [-0.2, 0) is 9.53 Å². The van der Waals surface area contributed by atoms with E-state index in [1.807, 2.05) is 30.3 Å². The predicted molar refractivity (Wildman–Crippen MR) is 101 cm³/mol. The summed E-state index contributed by atoms with van der Waals surface area (Å²) in [5.74, 6) is -0.235. The van der Waals surface area contributed by atoms with Crippen LogP contribution >= 0.6 is 0 Å². The summed E-state index contributed by atoms with van der Waals surface area (Å²) in [6.45, 7) is 1.87. The molecule has 1 aliphatic heterocycles. The molecule has 1 N–H and O–H groups in total. The van der Waals surface area contributed by atoms with E-state index in [-0.39, 0.29) is 12.1 Å². The van der Waals surface area contributed by atoms with E-state index in [2.05, 4.69) is 10.4 Å². The number of para-hydroxylation sites is 1. The molecule has 0 unspecified atom stereocenters. The minimum atomic E-state index is -0.732. The van der Waals surface area contributed by atoms with E-state index in [0.29, 0.717) is 23.8 Å². The van der Waals surface area contributed by atoms with Gasteiger partial charge in [-0.3, -0.25) is 9.69 Å². The van der Waals surface area contributed by atoms with Gasteiger partial charge in [0.25, 0.3) is 5.91 Å². The van der Waals surface area contributed by atoms with E-state index in [1.165, 1.54) is 6.20 Å². The van der Waals surface area contributed by atoms with Gasteiger partial charge in [-0.15, -0.1) is 0 Å². The van der Waals surface area contributed by atoms with Crippen LogP contribution in [0.4, 0.5) is 4.79 Å². The average molecular weight is 394 g/mol. The standard InChI is InChI=1S/C20H18N4O5/c1-13-7-8-16(29-13)18-15(11-24(22-18)14-5-3-2-4-6-14)19(26)28-12-17(25)23-10-9-21-20(23)27/h2-8,11H,9-10,12H2,1H3,(H,21,27). The quantitative estimate of drug-likeness (QED) is 0.665. The van der Waals surface area contributed by atoms with Crippen molar-refractivity contribution < 1.29 is 23.5 Å². The maximum Gasteiger partial charge on any atom is 0.342 e. The zero-order valence-electron chi connectivity index (χ0n) is 15.6. The molecule has 1 fully saturated rings. The molecule has 0 spiro atoms. The van der Waals surface area contributed by atoms with Crippen molar-refractivity contribution in [1.29, 1.82) is 0 Å². The average Bonchev–Trinajstić information content (AvgIpc) is 3.46. The van der Waals surface area contributed by atoms with E-state index < -0.39 is 24.5 Å². The molecular weight excluding hydrogens is 376 g/mol. The Bertz CT molecular complexity index is 1070. The molecule has 0 bridgehead atoms. The van der Waals surface area contributed by atoms with Crippen LogP contribution in [0.25, 0.3) is 17.1 Å². The molecule has 0 atom stereocenters. The smallest absolute Gasteiger partial charge is 0.342 e. The molecule has 4 rings (SSSR count). The number of ether oxygens (including phenoxy) is 1. The highest BCUT2D eigenvalue weighted by Crippen LogP contribution is 2.26. The summed E-state index contributed by atoms with van der Waals surface area (Å²) in [4.78, 5) is 37.4. The van der Waals surface area contributed by atoms with Crippen LogP contribution in [0.3, 0.4) is 0 Å². The number of rotatable bonds is 5. The van der Waals surface area contributed by atoms with Gasteiger partial charge in [-0.05, 0) is 31.2 Å². The number of carbonyl (C=O) groups is 3. The highest BCUT2D eigenvalue weighted by molar-refractivity contribution is 5.99. The van der Waals surface area contributed by atoms with Gasteiger partial charge in [0.15, 0.2) is 12.4 Å². The van der Waals surface area contributed by atoms with Crippen molar-refractivity contribution in [3.05, 3.63) is 60.0 Å². The molecule has 0 aliphatic carbocycles. The van der Waals surface area contributed by atoms with Gasteiger partial charge >= 0.3 is 12.0 Å². The first kappa shape index (κ1) is 18.5. The molecule has 1 aromatic carbocycles. The summed E-state index contributed by atoms with van der Waals surface area (Å²) < 4.78 is 12.3. The Morgan fingerprint density at radius 2 is 2.00 bits per heavy atom. The molecule has 2 aromatic heterocycles. The first-order chi connectivity index (χ1) is 14.0. The molecular formula is C20H18N4O5. The fourth-order valence-corrected chi connectivity index (χ4v) is 2.97. The Morgan fingerprint density at radius 3 is 2.66 bits per heavy atom. The Morgan fingerprint density at radius 1 is 1.21 bits per heavy atom. The van der Waals surface area contributed by atoms with Crippen LogP contribution in [0.2, 0.25) is 0 Å². The molecule has 1 aliphatic rings. The zero-order chi connectivity index (χ0) is 20.4. The molecule has 3 aromatic rings. The molecule has 3 amide bonds. The number of imide groups is 1. The number of amides is 3. The highest BCUT2D eigenvalue weighted by Gasteiger charge is 2.28. The van der Waals surface area contributed by atoms with E-state index in [1.54, 1.807) is 23.7 Å². The van der Waals surface area contributed by atoms with Gasteiger partial charge < -0.3 is 14.5 Å². The molecule has 1 saturated heterocycles. The summed E-state index contributed by atoms with van der Waals surface area (Å²) in [6, 6.07) is 12.2. The van der Waals surface area contributed by atoms with Crippen LogP contribution in [-0.4, -0.2) is 52.3 Å². The third-order valence-electron chi connectivity index (χ3n) is 4.41. The maximum absolute atomic E-state index is 12.7. The second-order valence-corrected chi connectivity index (χ2v) is 6.44. The lowest BCUT2D eigenvalue weighted by Crippen LogP contribution is -2.37. The lowest BCUT2D eigenvalue weighted by molar-refractivity contribution is -0.130. The number of aryl methyl sites for hydroxylation is 1. The van der Waals surface area contributed by atoms with E-state index >= 15 is 0 Å². The number of aromatic nitrogens is 2. The van der Waals surface area contributed by atoms with Crippen LogP contribution in [0, 0.1) is 6.92 Å². The van der Waals surface area contributed by atoms with Gasteiger partial charge in [0.2, 0.25) is 0 Å².